The van der Waals surface area contributed by atoms with Crippen LogP contribution in [-0.4, -0.2) is 62.9 Å². The van der Waals surface area contributed by atoms with Crippen LogP contribution in [0.4, 0.5) is 5.82 Å². The standard InChI is InChI=1S/C19H20N6O2S/c1-14-2-4-15(5-3-14)18-22-23-19(27-18)28-13-17(26)25-10-8-24(9-11-25)16-12-20-6-7-21-16/h2-7,12H,8-11,13H2,1H3. The van der Waals surface area contributed by atoms with Crippen LogP contribution < -0.4 is 4.90 Å². The largest absolute Gasteiger partial charge is 0.411 e. The van der Waals surface area contributed by atoms with Crippen molar-refractivity contribution in [3.8, 4) is 11.5 Å². The maximum absolute atomic E-state index is 12.5. The van der Waals surface area contributed by atoms with Crippen LogP contribution in [0.3, 0.4) is 0 Å². The van der Waals surface area contributed by atoms with Crippen molar-refractivity contribution in [2.24, 2.45) is 0 Å². The molecule has 1 amide bonds. The third kappa shape index (κ3) is 4.30. The van der Waals surface area contributed by atoms with Crippen molar-refractivity contribution < 1.29 is 9.21 Å². The van der Waals surface area contributed by atoms with Gasteiger partial charge in [0.25, 0.3) is 5.22 Å². The van der Waals surface area contributed by atoms with E-state index in [-0.39, 0.29) is 11.7 Å². The van der Waals surface area contributed by atoms with Gasteiger partial charge in [-0.2, -0.15) is 0 Å². The predicted octanol–water partition coefficient (Wildman–Crippen LogP) is 2.28. The number of carbonyl (C=O) groups is 1. The quantitative estimate of drug-likeness (QED) is 0.607. The van der Waals surface area contributed by atoms with E-state index in [1.807, 2.05) is 36.1 Å². The summed E-state index contributed by atoms with van der Waals surface area (Å²) in [6.07, 6.45) is 5.08. The number of nitrogens with zero attached hydrogens (tertiary/aromatic N) is 6. The first-order chi connectivity index (χ1) is 13.7. The Kier molecular flexibility index (Phi) is 5.52. The Bertz CT molecular complexity index is 923. The zero-order valence-electron chi connectivity index (χ0n) is 15.5. The molecule has 3 aromatic rings. The Morgan fingerprint density at radius 3 is 2.61 bits per heavy atom. The van der Waals surface area contributed by atoms with E-state index >= 15 is 0 Å². The van der Waals surface area contributed by atoms with Gasteiger partial charge in [0, 0.05) is 44.1 Å². The van der Waals surface area contributed by atoms with Gasteiger partial charge in [0.2, 0.25) is 11.8 Å². The molecule has 0 unspecified atom stereocenters. The fourth-order valence-electron chi connectivity index (χ4n) is 2.94. The highest BCUT2D eigenvalue weighted by molar-refractivity contribution is 7.99. The first-order valence-corrected chi connectivity index (χ1v) is 10.00. The van der Waals surface area contributed by atoms with E-state index in [1.165, 1.54) is 17.3 Å². The number of aromatic nitrogens is 4. The van der Waals surface area contributed by atoms with Crippen molar-refractivity contribution >= 4 is 23.5 Å². The Morgan fingerprint density at radius 2 is 1.89 bits per heavy atom. The molecule has 0 radical (unpaired) electrons. The lowest BCUT2D eigenvalue weighted by atomic mass is 10.1. The first-order valence-electron chi connectivity index (χ1n) is 9.01. The van der Waals surface area contributed by atoms with Crippen molar-refractivity contribution in [1.29, 1.82) is 0 Å². The SMILES string of the molecule is Cc1ccc(-c2nnc(SCC(=O)N3CCN(c4cnccn4)CC3)o2)cc1. The maximum atomic E-state index is 12.5. The summed E-state index contributed by atoms with van der Waals surface area (Å²) in [5.41, 5.74) is 2.04. The zero-order chi connectivity index (χ0) is 19.3. The molecule has 1 aliphatic heterocycles. The number of thioether (sulfide) groups is 1. The molecule has 28 heavy (non-hydrogen) atoms. The van der Waals surface area contributed by atoms with Crippen molar-refractivity contribution in [1.82, 2.24) is 25.1 Å². The highest BCUT2D eigenvalue weighted by atomic mass is 32.2. The summed E-state index contributed by atoms with van der Waals surface area (Å²) in [5.74, 6) is 1.66. The van der Waals surface area contributed by atoms with Gasteiger partial charge in [0.1, 0.15) is 5.82 Å². The summed E-state index contributed by atoms with van der Waals surface area (Å²) in [5, 5.41) is 8.51. The topological polar surface area (TPSA) is 88.3 Å². The monoisotopic (exact) mass is 396 g/mol. The van der Waals surface area contributed by atoms with Crippen LogP contribution in [0, 0.1) is 6.92 Å². The third-order valence-corrected chi connectivity index (χ3v) is 5.33. The molecule has 1 aliphatic rings. The molecular formula is C19H20N6O2S. The second-order valence-corrected chi connectivity index (χ2v) is 7.39. The van der Waals surface area contributed by atoms with E-state index in [2.05, 4.69) is 25.1 Å². The molecule has 0 spiro atoms. The van der Waals surface area contributed by atoms with E-state index in [0.717, 1.165) is 24.5 Å². The van der Waals surface area contributed by atoms with Crippen molar-refractivity contribution in [2.75, 3.05) is 36.8 Å². The number of aryl methyl sites for hydroxylation is 1. The fourth-order valence-corrected chi connectivity index (χ4v) is 3.60. The summed E-state index contributed by atoms with van der Waals surface area (Å²) in [4.78, 5) is 24.9. The second kappa shape index (κ2) is 8.39. The molecule has 1 saturated heterocycles. The normalized spacial score (nSPS) is 14.3. The molecule has 3 heterocycles. The number of benzene rings is 1. The Morgan fingerprint density at radius 1 is 1.11 bits per heavy atom. The second-order valence-electron chi connectivity index (χ2n) is 6.46. The van der Waals surface area contributed by atoms with E-state index in [1.54, 1.807) is 18.6 Å². The average molecular weight is 396 g/mol. The van der Waals surface area contributed by atoms with Gasteiger partial charge in [-0.25, -0.2) is 4.98 Å². The highest BCUT2D eigenvalue weighted by Crippen LogP contribution is 2.24. The van der Waals surface area contributed by atoms with Crippen molar-refractivity contribution in [2.45, 2.75) is 12.1 Å². The molecule has 8 nitrogen and oxygen atoms in total. The molecule has 1 fully saturated rings. The van der Waals surface area contributed by atoms with Gasteiger partial charge in [-0.1, -0.05) is 29.5 Å². The molecule has 0 atom stereocenters. The van der Waals surface area contributed by atoms with E-state index in [4.69, 9.17) is 4.42 Å². The summed E-state index contributed by atoms with van der Waals surface area (Å²) in [7, 11) is 0. The van der Waals surface area contributed by atoms with Gasteiger partial charge in [0.05, 0.1) is 11.9 Å². The molecular weight excluding hydrogens is 376 g/mol. The van der Waals surface area contributed by atoms with Gasteiger partial charge in [-0.3, -0.25) is 9.78 Å². The van der Waals surface area contributed by atoms with Crippen LogP contribution in [0.25, 0.3) is 11.5 Å². The number of carbonyl (C=O) groups excluding carboxylic acids is 1. The van der Waals surface area contributed by atoms with E-state index in [0.29, 0.717) is 24.2 Å². The molecule has 0 bridgehead atoms. The zero-order valence-corrected chi connectivity index (χ0v) is 16.3. The minimum atomic E-state index is 0.0684. The summed E-state index contributed by atoms with van der Waals surface area (Å²) in [6, 6.07) is 7.88. The molecule has 0 N–H and O–H groups in total. The minimum absolute atomic E-state index is 0.0684. The number of amides is 1. The average Bonchev–Trinajstić information content (AvgIpc) is 3.22. The lowest BCUT2D eigenvalue weighted by molar-refractivity contribution is -0.128. The van der Waals surface area contributed by atoms with E-state index < -0.39 is 0 Å². The molecule has 144 valence electrons. The Labute approximate surface area is 167 Å². The third-order valence-electron chi connectivity index (χ3n) is 4.53. The van der Waals surface area contributed by atoms with Crippen LogP contribution in [0.2, 0.25) is 0 Å². The number of hydrogen-bond acceptors (Lipinski definition) is 8. The maximum Gasteiger partial charge on any atom is 0.277 e. The first kappa shape index (κ1) is 18.4. The molecule has 4 rings (SSSR count). The number of hydrogen-bond donors (Lipinski definition) is 0. The smallest absolute Gasteiger partial charge is 0.277 e. The van der Waals surface area contributed by atoms with Gasteiger partial charge >= 0.3 is 0 Å². The molecule has 0 saturated carbocycles. The van der Waals surface area contributed by atoms with Crippen LogP contribution in [0.1, 0.15) is 5.56 Å². The van der Waals surface area contributed by atoms with Crippen molar-refractivity contribution in [3.05, 3.63) is 48.4 Å². The number of piperazine rings is 1. The van der Waals surface area contributed by atoms with Crippen LogP contribution in [0.5, 0.6) is 0 Å². The molecule has 2 aromatic heterocycles. The summed E-state index contributed by atoms with van der Waals surface area (Å²) < 4.78 is 5.67. The molecule has 0 aliphatic carbocycles. The fraction of sp³-hybridized carbons (Fsp3) is 0.316. The predicted molar refractivity (Wildman–Crippen MR) is 106 cm³/mol. The minimum Gasteiger partial charge on any atom is -0.411 e. The van der Waals surface area contributed by atoms with Crippen LogP contribution in [0.15, 0.2) is 52.5 Å². The lowest BCUT2D eigenvalue weighted by Gasteiger charge is -2.35. The van der Waals surface area contributed by atoms with E-state index in [9.17, 15) is 4.79 Å². The van der Waals surface area contributed by atoms with Gasteiger partial charge in [-0.15, -0.1) is 10.2 Å². The van der Waals surface area contributed by atoms with Crippen LogP contribution >= 0.6 is 11.8 Å². The van der Waals surface area contributed by atoms with Crippen molar-refractivity contribution in [3.63, 3.8) is 0 Å². The number of anilines is 1. The number of rotatable bonds is 5. The Balaban J connectivity index is 1.28. The summed E-state index contributed by atoms with van der Waals surface area (Å²) >= 11 is 1.27. The van der Waals surface area contributed by atoms with Gasteiger partial charge in [0.15, 0.2) is 0 Å². The molecule has 9 heteroatoms. The lowest BCUT2D eigenvalue weighted by Crippen LogP contribution is -2.49. The molecule has 1 aromatic carbocycles. The summed E-state index contributed by atoms with van der Waals surface area (Å²) in [6.45, 7) is 4.83. The van der Waals surface area contributed by atoms with Gasteiger partial charge in [-0.05, 0) is 19.1 Å². The van der Waals surface area contributed by atoms with Gasteiger partial charge < -0.3 is 14.2 Å². The highest BCUT2D eigenvalue weighted by Gasteiger charge is 2.22. The van der Waals surface area contributed by atoms with Crippen LogP contribution in [-0.2, 0) is 4.79 Å². The Hall–Kier alpha value is -2.94.